The third kappa shape index (κ3) is 14.9. The summed E-state index contributed by atoms with van der Waals surface area (Å²) in [5.74, 6) is -2.04. The van der Waals surface area contributed by atoms with Gasteiger partial charge in [-0.05, 0) is 100 Å². The Morgan fingerprint density at radius 2 is 1.37 bits per heavy atom. The zero-order valence-electron chi connectivity index (χ0n) is 42.3. The van der Waals surface area contributed by atoms with Crippen LogP contribution in [0.4, 0.5) is 4.79 Å². The van der Waals surface area contributed by atoms with Gasteiger partial charge in [0.2, 0.25) is 29.5 Å². The lowest BCUT2D eigenvalue weighted by atomic mass is 9.99. The van der Waals surface area contributed by atoms with Crippen LogP contribution in [0.3, 0.4) is 0 Å². The second-order valence-electron chi connectivity index (χ2n) is 18.5. The average molecular weight is 979 g/mol. The fourth-order valence-corrected chi connectivity index (χ4v) is 7.80. The molecule has 2 aliphatic rings. The minimum Gasteiger partial charge on any atom is -0.497 e. The number of carbonyl (C=O) groups excluding carboxylic acids is 7. The van der Waals surface area contributed by atoms with Crippen LogP contribution in [0, 0.1) is 0 Å². The minimum absolute atomic E-state index is 0.00903. The van der Waals surface area contributed by atoms with Crippen molar-refractivity contribution in [3.05, 3.63) is 119 Å². The van der Waals surface area contributed by atoms with E-state index >= 15 is 0 Å². The molecule has 0 aliphatic carbocycles. The van der Waals surface area contributed by atoms with Gasteiger partial charge in [-0.2, -0.15) is 0 Å². The quantitative estimate of drug-likeness (QED) is 0.127. The van der Waals surface area contributed by atoms with E-state index in [1.54, 1.807) is 87.5 Å². The molecule has 0 saturated carbocycles. The largest absolute Gasteiger partial charge is 0.497 e. The number of amides is 6. The van der Waals surface area contributed by atoms with Crippen LogP contribution in [-0.4, -0.2) is 134 Å². The summed E-state index contributed by atoms with van der Waals surface area (Å²) >= 11 is 0. The van der Waals surface area contributed by atoms with Crippen molar-refractivity contribution in [2.75, 3.05) is 35.4 Å². The molecule has 4 aromatic carbocycles. The van der Waals surface area contributed by atoms with Crippen molar-refractivity contribution in [1.82, 2.24) is 30.7 Å². The zero-order chi connectivity index (χ0) is 52.2. The Labute approximate surface area is 415 Å². The van der Waals surface area contributed by atoms with Gasteiger partial charge in [0.05, 0.1) is 14.2 Å². The van der Waals surface area contributed by atoms with E-state index in [9.17, 15) is 33.6 Å². The molecule has 0 fully saturated rings. The smallest absolute Gasteiger partial charge is 0.408 e. The van der Waals surface area contributed by atoms with Crippen LogP contribution in [0.5, 0.6) is 23.0 Å². The molecule has 0 aromatic heterocycles. The Morgan fingerprint density at radius 3 is 1.99 bits per heavy atom. The van der Waals surface area contributed by atoms with Crippen molar-refractivity contribution in [1.29, 1.82) is 0 Å². The van der Waals surface area contributed by atoms with Crippen LogP contribution in [0.25, 0.3) is 0 Å². The molecule has 0 spiro atoms. The van der Waals surface area contributed by atoms with E-state index in [1.165, 1.54) is 70.8 Å². The summed E-state index contributed by atoms with van der Waals surface area (Å²) in [6, 6.07) is 21.9. The molecular formula is C53H66N6O12. The number of esters is 1. The topological polar surface area (TPSA) is 211 Å². The first-order valence-corrected chi connectivity index (χ1v) is 23.3. The van der Waals surface area contributed by atoms with Crippen LogP contribution < -0.4 is 30.2 Å². The van der Waals surface area contributed by atoms with Crippen molar-refractivity contribution in [3.63, 3.8) is 0 Å². The predicted molar refractivity (Wildman–Crippen MR) is 264 cm³/mol. The number of likely N-dealkylation sites (N-methyl/N-ethyl adjacent to an activating group) is 3. The van der Waals surface area contributed by atoms with Crippen molar-refractivity contribution in [3.8, 4) is 23.0 Å². The van der Waals surface area contributed by atoms with Gasteiger partial charge in [0.15, 0.2) is 11.5 Å². The molecule has 6 amide bonds. The first-order valence-electron chi connectivity index (χ1n) is 23.3. The Hall–Kier alpha value is -7.63. The van der Waals surface area contributed by atoms with Crippen LogP contribution in [0.15, 0.2) is 97.1 Å². The molecule has 71 heavy (non-hydrogen) atoms. The summed E-state index contributed by atoms with van der Waals surface area (Å²) in [7, 11) is 7.08. The monoisotopic (exact) mass is 978 g/mol. The molecule has 18 heteroatoms. The summed E-state index contributed by atoms with van der Waals surface area (Å²) in [6.07, 6.45) is -0.775. The summed E-state index contributed by atoms with van der Waals surface area (Å²) in [6.45, 7) is 9.64. The lowest BCUT2D eigenvalue weighted by molar-refractivity contribution is -0.155. The zero-order valence-corrected chi connectivity index (χ0v) is 42.3. The van der Waals surface area contributed by atoms with Crippen LogP contribution in [-0.2, 0) is 64.1 Å². The molecule has 3 N–H and O–H groups in total. The maximum atomic E-state index is 14.8. The van der Waals surface area contributed by atoms with Crippen LogP contribution in [0.1, 0.15) is 63.8 Å². The molecular weight excluding hydrogens is 913 g/mol. The number of fused-ring (bicyclic) bond motifs is 7. The second-order valence-corrected chi connectivity index (χ2v) is 18.5. The summed E-state index contributed by atoms with van der Waals surface area (Å²) in [5.41, 5.74) is 2.09. The molecule has 0 saturated heterocycles. The van der Waals surface area contributed by atoms with Crippen molar-refractivity contribution < 1.29 is 57.2 Å². The number of nitrogens with one attached hydrogen (secondary N) is 3. The Balaban J connectivity index is 1.42. The number of ether oxygens (including phenoxy) is 5. The SMILES string of the molecule is COC(=O)[C@@H]1Cc2ccc(cc2)Oc2cc(ccc2OCc2ccccc2)C[C@H](N(C)C(=O)[C@H](C)NC(=O)[C@H](Cc2ccc(OC)cc2)N(C)C(=O)[C@H](C)NC(=O)[C@@H](C)NC(=O)OC(C)(C)C)C(=O)N1C. The Kier molecular flexibility index (Phi) is 18.6. The third-order valence-corrected chi connectivity index (χ3v) is 11.9. The normalized spacial score (nSPS) is 16.3. The Bertz CT molecular complexity index is 2510. The maximum absolute atomic E-state index is 14.8. The molecule has 0 radical (unpaired) electrons. The first-order chi connectivity index (χ1) is 33.6. The van der Waals surface area contributed by atoms with E-state index in [0.717, 1.165) is 5.56 Å². The van der Waals surface area contributed by atoms with Gasteiger partial charge in [-0.15, -0.1) is 0 Å². The summed E-state index contributed by atoms with van der Waals surface area (Å²) in [5, 5.41) is 7.80. The van der Waals surface area contributed by atoms with E-state index in [2.05, 4.69) is 16.0 Å². The highest BCUT2D eigenvalue weighted by Gasteiger charge is 2.39. The van der Waals surface area contributed by atoms with Gasteiger partial charge in [-0.25, -0.2) is 9.59 Å². The number of rotatable bonds is 16. The number of nitrogens with zero attached hydrogens (tertiary/aromatic N) is 3. The number of benzene rings is 4. The standard InChI is InChI=1S/C53H66N6O12/c1-32(56-52(66)71-53(4,5)6)46(60)54-33(2)48(62)57(7)41(27-35-17-22-39(67-10)23-18-35)47(61)55-34(3)49(63)58(8)42-29-38-21-26-44(69-31-37-15-13-12-14-16-37)45(30-38)70-40-24-19-36(20-25-40)28-43(51(65)68-11)59(9)50(42)64/h12-26,30,32-34,41-43H,27-29,31H2,1-11H3,(H,54,60)(H,55,61)(H,56,66)/t32-,33+,34+,41+,42+,43+/m1/s1. The van der Waals surface area contributed by atoms with E-state index < -0.39 is 83.5 Å². The molecule has 0 unspecified atom stereocenters. The summed E-state index contributed by atoms with van der Waals surface area (Å²) < 4.78 is 28.3. The van der Waals surface area contributed by atoms with E-state index in [4.69, 9.17) is 23.7 Å². The van der Waals surface area contributed by atoms with Crippen LogP contribution >= 0.6 is 0 Å². The highest BCUT2D eigenvalue weighted by Crippen LogP contribution is 2.35. The predicted octanol–water partition coefficient (Wildman–Crippen LogP) is 4.98. The number of alkyl carbamates (subject to hydrolysis) is 1. The van der Waals surface area contributed by atoms with E-state index in [0.29, 0.717) is 39.7 Å². The fraction of sp³-hybridized carbons (Fsp3) is 0.415. The van der Waals surface area contributed by atoms with Gasteiger partial charge in [-0.1, -0.05) is 60.7 Å². The van der Waals surface area contributed by atoms with Crippen molar-refractivity contribution in [2.45, 2.75) is 109 Å². The molecule has 2 aliphatic heterocycles. The fourth-order valence-electron chi connectivity index (χ4n) is 7.80. The first kappa shape index (κ1) is 54.3. The molecule has 2 heterocycles. The van der Waals surface area contributed by atoms with E-state index in [1.807, 2.05) is 30.3 Å². The lowest BCUT2D eigenvalue weighted by Crippen LogP contribution is -2.59. The highest BCUT2D eigenvalue weighted by molar-refractivity contribution is 5.96. The number of hydrogen-bond acceptors (Lipinski definition) is 12. The lowest BCUT2D eigenvalue weighted by Gasteiger charge is -2.36. The van der Waals surface area contributed by atoms with Gasteiger partial charge < -0.3 is 54.3 Å². The highest BCUT2D eigenvalue weighted by atomic mass is 16.6. The van der Waals surface area contributed by atoms with Gasteiger partial charge in [0, 0.05) is 40.4 Å². The van der Waals surface area contributed by atoms with Gasteiger partial charge in [0.25, 0.3) is 0 Å². The van der Waals surface area contributed by atoms with Crippen molar-refractivity contribution >= 4 is 41.6 Å². The maximum Gasteiger partial charge on any atom is 0.408 e. The van der Waals surface area contributed by atoms with Crippen LogP contribution in [0.2, 0.25) is 0 Å². The van der Waals surface area contributed by atoms with Gasteiger partial charge in [0.1, 0.15) is 60.0 Å². The van der Waals surface area contributed by atoms with Gasteiger partial charge >= 0.3 is 12.1 Å². The Morgan fingerprint density at radius 1 is 0.746 bits per heavy atom. The average Bonchev–Trinajstić information content (AvgIpc) is 3.34. The molecule has 380 valence electrons. The number of hydrogen-bond donors (Lipinski definition) is 3. The summed E-state index contributed by atoms with van der Waals surface area (Å²) in [4.78, 5) is 100. The number of methoxy groups -OCH3 is 2. The van der Waals surface area contributed by atoms with Gasteiger partial charge in [-0.3, -0.25) is 24.0 Å². The molecule has 18 nitrogen and oxygen atoms in total. The molecule has 4 aromatic rings. The number of carbonyl (C=O) groups is 7. The van der Waals surface area contributed by atoms with E-state index in [-0.39, 0.29) is 25.9 Å². The molecule has 6 atom stereocenters. The third-order valence-electron chi connectivity index (χ3n) is 11.9. The minimum atomic E-state index is -1.25. The molecule has 6 rings (SSSR count). The molecule has 4 bridgehead atoms. The second kappa shape index (κ2) is 24.3. The van der Waals surface area contributed by atoms with Crippen molar-refractivity contribution in [2.24, 2.45) is 0 Å².